The summed E-state index contributed by atoms with van der Waals surface area (Å²) in [5.41, 5.74) is 1.24. The Balaban J connectivity index is 1.73. The summed E-state index contributed by atoms with van der Waals surface area (Å²) in [4.78, 5) is 8.82. The van der Waals surface area contributed by atoms with E-state index in [0.717, 1.165) is 24.8 Å². The molecule has 1 atom stereocenters. The van der Waals surface area contributed by atoms with Gasteiger partial charge in [0, 0.05) is 21.6 Å². The van der Waals surface area contributed by atoms with Crippen molar-refractivity contribution in [2.24, 2.45) is 0 Å². The smallest absolute Gasteiger partial charge is 0.312 e. The minimum absolute atomic E-state index is 0.0772. The highest BCUT2D eigenvalue weighted by Crippen LogP contribution is 2.31. The molecule has 0 radical (unpaired) electrons. The van der Waals surface area contributed by atoms with Crippen LogP contribution in [0, 0.1) is 17.5 Å². The average molecular weight is 489 g/mol. The summed E-state index contributed by atoms with van der Waals surface area (Å²) in [6.45, 7) is 4.98. The van der Waals surface area contributed by atoms with E-state index in [1.54, 1.807) is 0 Å². The lowest BCUT2D eigenvalue weighted by Crippen LogP contribution is -2.17. The second-order valence-corrected chi connectivity index (χ2v) is 10.0. The molecule has 176 valence electrons. The molecule has 0 spiro atoms. The Bertz CT molecular complexity index is 882. The van der Waals surface area contributed by atoms with E-state index in [-0.39, 0.29) is 29.9 Å². The van der Waals surface area contributed by atoms with Gasteiger partial charge in [-0.25, -0.2) is 13.2 Å². The van der Waals surface area contributed by atoms with E-state index in [4.69, 9.17) is 4.89 Å². The van der Waals surface area contributed by atoms with Gasteiger partial charge in [0.25, 0.3) is 0 Å². The zero-order valence-corrected chi connectivity index (χ0v) is 20.1. The van der Waals surface area contributed by atoms with Crippen LogP contribution < -0.4 is 5.32 Å². The predicted octanol–water partition coefficient (Wildman–Crippen LogP) is 6.49. The summed E-state index contributed by atoms with van der Waals surface area (Å²) in [5.74, 6) is -0.474. The standard InChI is InChI=1S/C23H29F3NO3PS/c1-23(2,18-6-8-19(24)9-7-18)10-3-4-13-32-22-15-20(25)17(14-21(22)26)16-27-11-5-12-30-31(28)29/h6-9,14-15,27H,3-5,10-13,16H2,1-2H3/p+1. The fourth-order valence-electron chi connectivity index (χ4n) is 3.28. The molecule has 2 aromatic carbocycles. The van der Waals surface area contributed by atoms with Gasteiger partial charge in [-0.05, 0) is 66.8 Å². The third kappa shape index (κ3) is 9.20. The van der Waals surface area contributed by atoms with Crippen molar-refractivity contribution >= 4 is 20.0 Å². The maximum absolute atomic E-state index is 14.4. The Labute approximate surface area is 192 Å². The molecule has 0 saturated heterocycles. The molecule has 9 heteroatoms. The van der Waals surface area contributed by atoms with E-state index in [1.165, 1.54) is 36.0 Å². The van der Waals surface area contributed by atoms with Crippen LogP contribution in [0.3, 0.4) is 0 Å². The first-order chi connectivity index (χ1) is 15.2. The van der Waals surface area contributed by atoms with E-state index in [9.17, 15) is 17.7 Å². The predicted molar refractivity (Wildman–Crippen MR) is 122 cm³/mol. The van der Waals surface area contributed by atoms with Crippen molar-refractivity contribution in [2.75, 3.05) is 18.9 Å². The molecule has 0 amide bonds. The molecule has 1 unspecified atom stereocenters. The summed E-state index contributed by atoms with van der Waals surface area (Å²) >= 11 is 1.30. The minimum atomic E-state index is -2.61. The third-order valence-corrected chi connectivity index (χ3v) is 6.72. The third-order valence-electron chi connectivity index (χ3n) is 5.20. The first-order valence-corrected chi connectivity index (χ1v) is 12.7. The molecule has 0 aliphatic heterocycles. The molecular weight excluding hydrogens is 458 g/mol. The number of benzene rings is 2. The number of nitrogens with one attached hydrogen (secondary N) is 1. The number of unbranched alkanes of at least 4 members (excludes halogenated alkanes) is 1. The topological polar surface area (TPSA) is 58.6 Å². The summed E-state index contributed by atoms with van der Waals surface area (Å²) in [6, 6.07) is 9.01. The van der Waals surface area contributed by atoms with Crippen LogP contribution in [0.5, 0.6) is 0 Å². The largest absolute Gasteiger partial charge is 0.694 e. The van der Waals surface area contributed by atoms with Gasteiger partial charge < -0.3 is 5.32 Å². The number of rotatable bonds is 14. The zero-order valence-electron chi connectivity index (χ0n) is 18.4. The normalized spacial score (nSPS) is 12.2. The fourth-order valence-corrected chi connectivity index (χ4v) is 4.51. The van der Waals surface area contributed by atoms with Crippen molar-refractivity contribution in [3.63, 3.8) is 0 Å². The van der Waals surface area contributed by atoms with E-state index in [0.29, 0.717) is 23.6 Å². The Hall–Kier alpha value is -1.44. The molecule has 0 bridgehead atoms. The van der Waals surface area contributed by atoms with Crippen molar-refractivity contribution in [3.8, 4) is 0 Å². The van der Waals surface area contributed by atoms with Gasteiger partial charge >= 0.3 is 8.25 Å². The van der Waals surface area contributed by atoms with Crippen molar-refractivity contribution in [2.45, 2.75) is 56.4 Å². The van der Waals surface area contributed by atoms with Crippen LogP contribution in [-0.2, 0) is 21.0 Å². The number of hydrogen-bond donors (Lipinski definition) is 2. The van der Waals surface area contributed by atoms with Crippen molar-refractivity contribution in [1.82, 2.24) is 5.32 Å². The van der Waals surface area contributed by atoms with E-state index >= 15 is 0 Å². The molecule has 0 saturated carbocycles. The quantitative estimate of drug-likeness (QED) is 0.181. The SMILES string of the molecule is CC(C)(CCCCSc1cc(F)c(CNCCCO[P+](=O)O)cc1F)c1ccc(F)cc1. The Kier molecular flexibility index (Phi) is 11.2. The van der Waals surface area contributed by atoms with Crippen LogP contribution >= 0.6 is 20.0 Å². The molecule has 32 heavy (non-hydrogen) atoms. The Morgan fingerprint density at radius 3 is 2.47 bits per heavy atom. The van der Waals surface area contributed by atoms with Gasteiger partial charge in [-0.3, -0.25) is 0 Å². The number of thioether (sulfide) groups is 1. The maximum atomic E-state index is 14.4. The summed E-state index contributed by atoms with van der Waals surface area (Å²) in [7, 11) is -2.61. The van der Waals surface area contributed by atoms with Crippen LogP contribution in [0.25, 0.3) is 0 Å². The minimum Gasteiger partial charge on any atom is -0.312 e. The van der Waals surface area contributed by atoms with E-state index < -0.39 is 19.9 Å². The number of hydrogen-bond acceptors (Lipinski definition) is 4. The molecular formula is C23H30F3NO3PS+. The second kappa shape index (κ2) is 13.3. The Morgan fingerprint density at radius 1 is 1.06 bits per heavy atom. The molecule has 0 fully saturated rings. The van der Waals surface area contributed by atoms with Gasteiger partial charge in [-0.2, -0.15) is 0 Å². The summed E-state index contributed by atoms with van der Waals surface area (Å²) < 4.78 is 56.7. The molecule has 4 nitrogen and oxygen atoms in total. The van der Waals surface area contributed by atoms with Crippen molar-refractivity contribution in [3.05, 3.63) is 65.0 Å². The van der Waals surface area contributed by atoms with Crippen LogP contribution in [0.15, 0.2) is 41.3 Å². The first-order valence-electron chi connectivity index (χ1n) is 10.6. The van der Waals surface area contributed by atoms with Gasteiger partial charge in [-0.15, -0.1) is 21.2 Å². The number of halogens is 3. The molecule has 0 aliphatic carbocycles. The van der Waals surface area contributed by atoms with Gasteiger partial charge in [0.15, 0.2) is 0 Å². The average Bonchev–Trinajstić information content (AvgIpc) is 2.73. The van der Waals surface area contributed by atoms with E-state index in [1.807, 2.05) is 12.1 Å². The second-order valence-electron chi connectivity index (χ2n) is 8.17. The van der Waals surface area contributed by atoms with Gasteiger partial charge in [0.2, 0.25) is 0 Å². The summed E-state index contributed by atoms with van der Waals surface area (Å²) in [6.07, 6.45) is 3.19. The molecule has 2 rings (SSSR count). The highest BCUT2D eigenvalue weighted by molar-refractivity contribution is 7.99. The van der Waals surface area contributed by atoms with Crippen molar-refractivity contribution < 1.29 is 27.2 Å². The molecule has 0 aliphatic rings. The lowest BCUT2D eigenvalue weighted by molar-refractivity contribution is 0.276. The zero-order chi connectivity index (χ0) is 23.6. The molecule has 2 aromatic rings. The lowest BCUT2D eigenvalue weighted by Gasteiger charge is -2.25. The van der Waals surface area contributed by atoms with Crippen LogP contribution in [0.1, 0.15) is 50.7 Å². The molecule has 2 N–H and O–H groups in total. The summed E-state index contributed by atoms with van der Waals surface area (Å²) in [5, 5.41) is 2.96. The van der Waals surface area contributed by atoms with Crippen LogP contribution in [0.4, 0.5) is 13.2 Å². The van der Waals surface area contributed by atoms with Gasteiger partial charge in [0.05, 0.1) is 0 Å². The van der Waals surface area contributed by atoms with Gasteiger partial charge in [0.1, 0.15) is 24.1 Å². The highest BCUT2D eigenvalue weighted by Gasteiger charge is 2.20. The van der Waals surface area contributed by atoms with Crippen LogP contribution in [-0.4, -0.2) is 23.8 Å². The molecule has 0 heterocycles. The molecule has 0 aromatic heterocycles. The van der Waals surface area contributed by atoms with Crippen molar-refractivity contribution in [1.29, 1.82) is 0 Å². The lowest BCUT2D eigenvalue weighted by atomic mass is 9.80. The fraction of sp³-hybridized carbons (Fsp3) is 0.478. The van der Waals surface area contributed by atoms with Crippen LogP contribution in [0.2, 0.25) is 0 Å². The maximum Gasteiger partial charge on any atom is 0.694 e. The highest BCUT2D eigenvalue weighted by atomic mass is 32.2. The Morgan fingerprint density at radius 2 is 1.78 bits per heavy atom. The monoisotopic (exact) mass is 488 g/mol. The van der Waals surface area contributed by atoms with Gasteiger partial charge in [-0.1, -0.05) is 32.4 Å². The first kappa shape index (κ1) is 26.8. The van der Waals surface area contributed by atoms with E-state index in [2.05, 4.69) is 23.7 Å².